The highest BCUT2D eigenvalue weighted by Crippen LogP contribution is 1.86. The van der Waals surface area contributed by atoms with Crippen molar-refractivity contribution < 1.29 is 28.9 Å². The van der Waals surface area contributed by atoms with Gasteiger partial charge in [0.1, 0.15) is 0 Å². The van der Waals surface area contributed by atoms with Crippen molar-refractivity contribution in [2.75, 3.05) is 6.67 Å². The number of hydrogen-bond donors (Lipinski definition) is 4. The molecular weight excluding hydrogens is 284 g/mol. The van der Waals surface area contributed by atoms with Crippen molar-refractivity contribution in [2.24, 2.45) is 0 Å². The summed E-state index contributed by atoms with van der Waals surface area (Å²) in [4.78, 5) is 52.7. The Morgan fingerprint density at radius 3 is 1.43 bits per heavy atom. The highest BCUT2D eigenvalue weighted by atomic mass is 16.7. The largest absolute Gasteiger partial charge is 0.432 e. The van der Waals surface area contributed by atoms with Crippen LogP contribution in [0.1, 0.15) is 13.8 Å². The van der Waals surface area contributed by atoms with Gasteiger partial charge in [0.25, 0.3) is 11.8 Å². The van der Waals surface area contributed by atoms with Crippen LogP contribution in [0, 0.1) is 0 Å². The summed E-state index contributed by atoms with van der Waals surface area (Å²) in [6.45, 7) is 9.15. The summed E-state index contributed by atoms with van der Waals surface area (Å²) in [6.07, 6.45) is -2.04. The zero-order valence-electron chi connectivity index (χ0n) is 11.6. The Morgan fingerprint density at radius 1 is 0.810 bits per heavy atom. The third-order valence-corrected chi connectivity index (χ3v) is 1.71. The van der Waals surface area contributed by atoms with E-state index in [0.717, 1.165) is 0 Å². The van der Waals surface area contributed by atoms with Gasteiger partial charge in [0.2, 0.25) is 0 Å². The third-order valence-electron chi connectivity index (χ3n) is 1.71. The summed E-state index contributed by atoms with van der Waals surface area (Å²) >= 11 is 0. The fourth-order valence-corrected chi connectivity index (χ4v) is 0.620. The van der Waals surface area contributed by atoms with E-state index < -0.39 is 24.0 Å². The van der Waals surface area contributed by atoms with E-state index in [0.29, 0.717) is 0 Å². The van der Waals surface area contributed by atoms with Crippen LogP contribution < -0.4 is 21.6 Å². The topological polar surface area (TPSA) is 135 Å². The molecule has 0 saturated heterocycles. The van der Waals surface area contributed by atoms with Gasteiger partial charge in [-0.25, -0.2) is 9.59 Å². The SMILES string of the molecule is C=C(C)C(=O)NOC(=O)NCNC(=O)ONC(=O)C(=C)C. The summed E-state index contributed by atoms with van der Waals surface area (Å²) in [5.41, 5.74) is 3.92. The average molecular weight is 300 g/mol. The van der Waals surface area contributed by atoms with Crippen molar-refractivity contribution in [3.63, 3.8) is 0 Å². The maximum Gasteiger partial charge on any atom is 0.432 e. The number of hydrogen-bond acceptors (Lipinski definition) is 6. The Balaban J connectivity index is 3.78. The number of carbonyl (C=O) groups is 4. The van der Waals surface area contributed by atoms with Gasteiger partial charge in [-0.05, 0) is 13.8 Å². The van der Waals surface area contributed by atoms with Gasteiger partial charge in [-0.3, -0.25) is 9.59 Å². The van der Waals surface area contributed by atoms with Crippen LogP contribution in [0.4, 0.5) is 9.59 Å². The second-order valence-electron chi connectivity index (χ2n) is 3.73. The molecule has 0 unspecified atom stereocenters. The van der Waals surface area contributed by atoms with Gasteiger partial charge in [-0.2, -0.15) is 11.0 Å². The number of rotatable bonds is 4. The van der Waals surface area contributed by atoms with E-state index >= 15 is 0 Å². The smallest absolute Gasteiger partial charge is 0.321 e. The quantitative estimate of drug-likeness (QED) is 0.317. The fraction of sp³-hybridized carbons (Fsp3) is 0.273. The first-order valence-corrected chi connectivity index (χ1v) is 5.55. The van der Waals surface area contributed by atoms with Crippen molar-refractivity contribution in [3.05, 3.63) is 24.3 Å². The average Bonchev–Trinajstić information content (AvgIpc) is 2.41. The number of nitrogens with one attached hydrogen (secondary N) is 4. The Bertz CT molecular complexity index is 431. The Kier molecular flexibility index (Phi) is 7.66. The maximum absolute atomic E-state index is 11.1. The van der Waals surface area contributed by atoms with Crippen LogP contribution in [0.3, 0.4) is 0 Å². The molecule has 0 fully saturated rings. The molecule has 0 saturated carbocycles. The Hall–Kier alpha value is -3.04. The van der Waals surface area contributed by atoms with Crippen molar-refractivity contribution in [1.82, 2.24) is 21.6 Å². The molecule has 116 valence electrons. The molecule has 0 spiro atoms. The minimum atomic E-state index is -1.02. The van der Waals surface area contributed by atoms with E-state index in [1.54, 1.807) is 0 Å². The molecule has 0 radical (unpaired) electrons. The van der Waals surface area contributed by atoms with Gasteiger partial charge in [0, 0.05) is 11.1 Å². The van der Waals surface area contributed by atoms with E-state index in [2.05, 4.69) is 33.5 Å². The van der Waals surface area contributed by atoms with Crippen molar-refractivity contribution in [1.29, 1.82) is 0 Å². The number of hydroxylamine groups is 2. The Labute approximate surface area is 120 Å². The predicted octanol–water partition coefficient (Wildman–Crippen LogP) is -0.389. The van der Waals surface area contributed by atoms with Crippen LogP contribution in [-0.2, 0) is 19.3 Å². The summed E-state index contributed by atoms with van der Waals surface area (Å²) in [5.74, 6) is -1.33. The summed E-state index contributed by atoms with van der Waals surface area (Å²) in [6, 6.07) is 0. The fourth-order valence-electron chi connectivity index (χ4n) is 0.620. The molecule has 0 aromatic rings. The van der Waals surface area contributed by atoms with E-state index in [4.69, 9.17) is 0 Å². The van der Waals surface area contributed by atoms with Crippen LogP contribution in [0.15, 0.2) is 24.3 Å². The van der Waals surface area contributed by atoms with Crippen molar-refractivity contribution >= 4 is 24.0 Å². The lowest BCUT2D eigenvalue weighted by atomic mass is 10.3. The van der Waals surface area contributed by atoms with E-state index in [1.165, 1.54) is 13.8 Å². The van der Waals surface area contributed by atoms with Gasteiger partial charge in [0.15, 0.2) is 0 Å². The number of carbonyl (C=O) groups excluding carboxylic acids is 4. The van der Waals surface area contributed by atoms with Gasteiger partial charge in [-0.1, -0.05) is 13.2 Å². The minimum Gasteiger partial charge on any atom is -0.321 e. The number of amides is 4. The molecular formula is C11H16N4O6. The van der Waals surface area contributed by atoms with Crippen LogP contribution >= 0.6 is 0 Å². The predicted molar refractivity (Wildman–Crippen MR) is 70.0 cm³/mol. The van der Waals surface area contributed by atoms with Crippen LogP contribution in [0.5, 0.6) is 0 Å². The first-order chi connectivity index (χ1) is 9.73. The van der Waals surface area contributed by atoms with Gasteiger partial charge in [0.05, 0.1) is 6.67 Å². The standard InChI is InChI=1S/C11H16N4O6/c1-6(2)8(16)14-20-10(18)12-5-13-11(19)21-15-9(17)7(3)4/h1,3,5H2,2,4H3,(H,12,18)(H,13,19)(H,14,16)(H,15,17). The zero-order valence-corrected chi connectivity index (χ0v) is 11.6. The van der Waals surface area contributed by atoms with Gasteiger partial charge < -0.3 is 20.3 Å². The first kappa shape index (κ1) is 18.0. The second kappa shape index (κ2) is 8.96. The van der Waals surface area contributed by atoms with Crippen LogP contribution in [0.2, 0.25) is 0 Å². The molecule has 0 bridgehead atoms. The zero-order chi connectivity index (χ0) is 16.4. The monoisotopic (exact) mass is 300 g/mol. The second-order valence-corrected chi connectivity index (χ2v) is 3.73. The summed E-state index contributed by atoms with van der Waals surface area (Å²) < 4.78 is 0. The van der Waals surface area contributed by atoms with Crippen molar-refractivity contribution in [2.45, 2.75) is 13.8 Å². The van der Waals surface area contributed by atoms with E-state index in [9.17, 15) is 19.2 Å². The van der Waals surface area contributed by atoms with Crippen molar-refractivity contribution in [3.8, 4) is 0 Å². The van der Waals surface area contributed by atoms with E-state index in [-0.39, 0.29) is 17.8 Å². The minimum absolute atomic E-state index is 0.151. The summed E-state index contributed by atoms with van der Waals surface area (Å²) in [7, 11) is 0. The molecule has 0 aromatic heterocycles. The molecule has 0 aliphatic carbocycles. The molecule has 0 aliphatic heterocycles. The lowest BCUT2D eigenvalue weighted by Gasteiger charge is -2.09. The normalized spacial score (nSPS) is 8.86. The molecule has 4 amide bonds. The lowest BCUT2D eigenvalue weighted by Crippen LogP contribution is -2.42. The lowest BCUT2D eigenvalue weighted by molar-refractivity contribution is -0.125. The molecule has 0 heterocycles. The molecule has 10 heteroatoms. The first-order valence-electron chi connectivity index (χ1n) is 5.55. The van der Waals surface area contributed by atoms with Gasteiger partial charge in [-0.15, -0.1) is 0 Å². The van der Waals surface area contributed by atoms with Crippen LogP contribution in [-0.4, -0.2) is 30.7 Å². The highest BCUT2D eigenvalue weighted by Gasteiger charge is 2.09. The Morgan fingerprint density at radius 2 is 1.14 bits per heavy atom. The molecule has 0 aromatic carbocycles. The molecule has 21 heavy (non-hydrogen) atoms. The van der Waals surface area contributed by atoms with Crippen LogP contribution in [0.25, 0.3) is 0 Å². The molecule has 4 N–H and O–H groups in total. The van der Waals surface area contributed by atoms with E-state index in [1.807, 2.05) is 11.0 Å². The maximum atomic E-state index is 11.1. The highest BCUT2D eigenvalue weighted by molar-refractivity contribution is 5.92. The summed E-state index contributed by atoms with van der Waals surface area (Å²) in [5, 5.41) is 4.14. The molecule has 10 nitrogen and oxygen atoms in total. The molecule has 0 aliphatic rings. The third kappa shape index (κ3) is 8.64. The molecule has 0 atom stereocenters. The molecule has 0 rings (SSSR count). The van der Waals surface area contributed by atoms with Gasteiger partial charge >= 0.3 is 12.2 Å².